The first kappa shape index (κ1) is 12.5. The van der Waals surface area contributed by atoms with E-state index < -0.39 is 0 Å². The van der Waals surface area contributed by atoms with Gasteiger partial charge in [-0.1, -0.05) is 13.8 Å². The van der Waals surface area contributed by atoms with Gasteiger partial charge in [0, 0.05) is 11.9 Å². The Morgan fingerprint density at radius 1 is 1.67 bits per heavy atom. The molecule has 1 N–H and O–H groups in total. The Bertz CT molecular complexity index is 300. The Balaban J connectivity index is 2.55. The second kappa shape index (κ2) is 6.08. The summed E-state index contributed by atoms with van der Waals surface area (Å²) in [5.74, 6) is 0.896. The lowest BCUT2D eigenvalue weighted by Gasteiger charge is -2.20. The zero-order valence-corrected chi connectivity index (χ0v) is 10.4. The maximum absolute atomic E-state index is 11.7. The van der Waals surface area contributed by atoms with Crippen LogP contribution in [0, 0.1) is 5.92 Å². The first-order chi connectivity index (χ1) is 7.15. The SMILES string of the molecule is CC(C)C(CCCl)NC(=O)c1cncs1. The number of carbonyl (C=O) groups is 1. The Morgan fingerprint density at radius 2 is 2.40 bits per heavy atom. The zero-order chi connectivity index (χ0) is 11.3. The molecule has 5 heteroatoms. The normalized spacial score (nSPS) is 12.8. The predicted molar refractivity (Wildman–Crippen MR) is 63.5 cm³/mol. The molecule has 0 bridgehead atoms. The summed E-state index contributed by atoms with van der Waals surface area (Å²) >= 11 is 7.03. The second-order valence-corrected chi connectivity index (χ2v) is 4.93. The van der Waals surface area contributed by atoms with E-state index in [1.807, 2.05) is 0 Å². The van der Waals surface area contributed by atoms with Crippen molar-refractivity contribution in [3.63, 3.8) is 0 Å². The third-order valence-electron chi connectivity index (χ3n) is 2.20. The summed E-state index contributed by atoms with van der Waals surface area (Å²) in [7, 11) is 0. The van der Waals surface area contributed by atoms with E-state index in [-0.39, 0.29) is 11.9 Å². The smallest absolute Gasteiger partial charge is 0.263 e. The van der Waals surface area contributed by atoms with Crippen molar-refractivity contribution in [1.82, 2.24) is 10.3 Å². The molecule has 0 aliphatic heterocycles. The number of carbonyl (C=O) groups excluding carboxylic acids is 1. The highest BCUT2D eigenvalue weighted by molar-refractivity contribution is 7.11. The largest absolute Gasteiger partial charge is 0.348 e. The molecular formula is C10H15ClN2OS. The fourth-order valence-electron chi connectivity index (χ4n) is 1.26. The van der Waals surface area contributed by atoms with Crippen LogP contribution in [0.1, 0.15) is 29.9 Å². The number of aromatic nitrogens is 1. The van der Waals surface area contributed by atoms with Gasteiger partial charge in [0.1, 0.15) is 4.88 Å². The molecule has 0 spiro atoms. The molecule has 1 amide bonds. The van der Waals surface area contributed by atoms with E-state index >= 15 is 0 Å². The molecule has 1 aromatic heterocycles. The molecule has 1 atom stereocenters. The molecular weight excluding hydrogens is 232 g/mol. The van der Waals surface area contributed by atoms with Crippen LogP contribution in [0.15, 0.2) is 11.7 Å². The Morgan fingerprint density at radius 3 is 2.87 bits per heavy atom. The van der Waals surface area contributed by atoms with Crippen LogP contribution in [0.4, 0.5) is 0 Å². The summed E-state index contributed by atoms with van der Waals surface area (Å²) in [6.07, 6.45) is 2.38. The molecule has 0 aliphatic carbocycles. The first-order valence-corrected chi connectivity index (χ1v) is 6.32. The fourth-order valence-corrected chi connectivity index (χ4v) is 2.02. The number of thiazole rings is 1. The lowest BCUT2D eigenvalue weighted by atomic mass is 10.0. The van der Waals surface area contributed by atoms with E-state index in [2.05, 4.69) is 24.1 Å². The van der Waals surface area contributed by atoms with E-state index in [1.54, 1.807) is 11.7 Å². The van der Waals surface area contributed by atoms with Gasteiger partial charge in [-0.25, -0.2) is 0 Å². The third kappa shape index (κ3) is 3.80. The number of hydrogen-bond acceptors (Lipinski definition) is 3. The van der Waals surface area contributed by atoms with Crippen LogP contribution in [-0.2, 0) is 0 Å². The summed E-state index contributed by atoms with van der Waals surface area (Å²) in [6, 6.07) is 0.136. The molecule has 84 valence electrons. The van der Waals surface area contributed by atoms with Gasteiger partial charge in [-0.3, -0.25) is 9.78 Å². The maximum Gasteiger partial charge on any atom is 0.263 e. The molecule has 0 saturated carbocycles. The van der Waals surface area contributed by atoms with Gasteiger partial charge in [0.15, 0.2) is 0 Å². The van der Waals surface area contributed by atoms with Crippen LogP contribution in [0.2, 0.25) is 0 Å². The number of rotatable bonds is 5. The highest BCUT2D eigenvalue weighted by Crippen LogP contribution is 2.10. The van der Waals surface area contributed by atoms with Gasteiger partial charge in [0.2, 0.25) is 0 Å². The van der Waals surface area contributed by atoms with E-state index in [0.29, 0.717) is 16.7 Å². The first-order valence-electron chi connectivity index (χ1n) is 4.90. The fraction of sp³-hybridized carbons (Fsp3) is 0.600. The lowest BCUT2D eigenvalue weighted by molar-refractivity contribution is 0.0929. The van der Waals surface area contributed by atoms with E-state index in [0.717, 1.165) is 6.42 Å². The van der Waals surface area contributed by atoms with Gasteiger partial charge >= 0.3 is 0 Å². The monoisotopic (exact) mass is 246 g/mol. The van der Waals surface area contributed by atoms with Crippen LogP contribution in [0.5, 0.6) is 0 Å². The maximum atomic E-state index is 11.7. The molecule has 1 rings (SSSR count). The number of nitrogens with zero attached hydrogens (tertiary/aromatic N) is 1. The van der Waals surface area contributed by atoms with Gasteiger partial charge in [-0.05, 0) is 12.3 Å². The summed E-state index contributed by atoms with van der Waals surface area (Å²) in [4.78, 5) is 16.2. The van der Waals surface area contributed by atoms with Crippen LogP contribution in [-0.4, -0.2) is 22.8 Å². The minimum Gasteiger partial charge on any atom is -0.348 e. The molecule has 0 fully saturated rings. The second-order valence-electron chi connectivity index (χ2n) is 3.67. The Kier molecular flexibility index (Phi) is 5.05. The summed E-state index contributed by atoms with van der Waals surface area (Å²) in [5.41, 5.74) is 1.65. The molecule has 15 heavy (non-hydrogen) atoms. The van der Waals surface area contributed by atoms with Crippen molar-refractivity contribution in [3.05, 3.63) is 16.6 Å². The van der Waals surface area contributed by atoms with Gasteiger partial charge < -0.3 is 5.32 Å². The molecule has 3 nitrogen and oxygen atoms in total. The quantitative estimate of drug-likeness (QED) is 0.812. The number of alkyl halides is 1. The van der Waals surface area contributed by atoms with Crippen molar-refractivity contribution in [2.45, 2.75) is 26.3 Å². The molecule has 0 radical (unpaired) electrons. The average molecular weight is 247 g/mol. The van der Waals surface area contributed by atoms with Gasteiger partial charge in [-0.15, -0.1) is 22.9 Å². The van der Waals surface area contributed by atoms with Crippen molar-refractivity contribution in [1.29, 1.82) is 0 Å². The van der Waals surface area contributed by atoms with Crippen LogP contribution in [0.3, 0.4) is 0 Å². The minimum absolute atomic E-state index is 0.0543. The predicted octanol–water partition coefficient (Wildman–Crippen LogP) is 2.53. The highest BCUT2D eigenvalue weighted by Gasteiger charge is 2.17. The van der Waals surface area contributed by atoms with Gasteiger partial charge in [0.25, 0.3) is 5.91 Å². The number of nitrogens with one attached hydrogen (secondary N) is 1. The van der Waals surface area contributed by atoms with Crippen molar-refractivity contribution in [2.75, 3.05) is 5.88 Å². The van der Waals surface area contributed by atoms with E-state index in [1.165, 1.54) is 11.3 Å². The summed E-state index contributed by atoms with van der Waals surface area (Å²) in [6.45, 7) is 4.15. The van der Waals surface area contributed by atoms with Crippen molar-refractivity contribution >= 4 is 28.8 Å². The lowest BCUT2D eigenvalue weighted by Crippen LogP contribution is -2.38. The van der Waals surface area contributed by atoms with Crippen molar-refractivity contribution in [2.24, 2.45) is 5.92 Å². The number of halogens is 1. The standard InChI is InChI=1S/C10H15ClN2OS/c1-7(2)8(3-4-11)13-10(14)9-5-12-6-15-9/h5-8H,3-4H2,1-2H3,(H,13,14). The van der Waals surface area contributed by atoms with E-state index in [9.17, 15) is 4.79 Å². The highest BCUT2D eigenvalue weighted by atomic mass is 35.5. The molecule has 1 heterocycles. The molecule has 0 aromatic carbocycles. The molecule has 0 saturated heterocycles. The molecule has 1 aromatic rings. The number of amides is 1. The van der Waals surface area contributed by atoms with Gasteiger partial charge in [-0.2, -0.15) is 0 Å². The van der Waals surface area contributed by atoms with Crippen molar-refractivity contribution < 1.29 is 4.79 Å². The number of hydrogen-bond donors (Lipinski definition) is 1. The molecule has 0 aliphatic rings. The summed E-state index contributed by atoms with van der Waals surface area (Å²) < 4.78 is 0. The summed E-state index contributed by atoms with van der Waals surface area (Å²) in [5, 5.41) is 2.97. The van der Waals surface area contributed by atoms with Crippen LogP contribution >= 0.6 is 22.9 Å². The van der Waals surface area contributed by atoms with Gasteiger partial charge in [0.05, 0.1) is 11.7 Å². The van der Waals surface area contributed by atoms with Crippen LogP contribution in [0.25, 0.3) is 0 Å². The topological polar surface area (TPSA) is 42.0 Å². The van der Waals surface area contributed by atoms with E-state index in [4.69, 9.17) is 11.6 Å². The van der Waals surface area contributed by atoms with Crippen molar-refractivity contribution in [3.8, 4) is 0 Å². The molecule has 1 unspecified atom stereocenters. The Labute approximate surface area is 98.9 Å². The average Bonchev–Trinajstić information content (AvgIpc) is 2.69. The Hall–Kier alpha value is -0.610. The minimum atomic E-state index is -0.0543. The van der Waals surface area contributed by atoms with Crippen LogP contribution < -0.4 is 5.32 Å². The third-order valence-corrected chi connectivity index (χ3v) is 3.19. The zero-order valence-electron chi connectivity index (χ0n) is 8.87.